The minimum atomic E-state index is -0.0475. The summed E-state index contributed by atoms with van der Waals surface area (Å²) in [6.07, 6.45) is 4.56. The molecule has 1 spiro atoms. The molecule has 2 aromatic rings. The molecule has 2 heterocycles. The molecule has 6 nitrogen and oxygen atoms in total. The van der Waals surface area contributed by atoms with Crippen LogP contribution in [0.5, 0.6) is 11.5 Å². The summed E-state index contributed by atoms with van der Waals surface area (Å²) in [6.45, 7) is 4.41. The summed E-state index contributed by atoms with van der Waals surface area (Å²) in [5, 5.41) is 12.5. The van der Waals surface area contributed by atoms with Crippen molar-refractivity contribution < 1.29 is 19.4 Å². The number of aliphatic hydroxyl groups is 1. The Labute approximate surface area is 183 Å². The van der Waals surface area contributed by atoms with Gasteiger partial charge in [0, 0.05) is 18.5 Å². The van der Waals surface area contributed by atoms with Crippen LogP contribution in [0.2, 0.25) is 0 Å². The first-order chi connectivity index (χ1) is 15.1. The minimum Gasteiger partial charge on any atom is -0.486 e. The van der Waals surface area contributed by atoms with Crippen LogP contribution in [0.15, 0.2) is 36.4 Å². The molecule has 2 aliphatic heterocycles. The van der Waals surface area contributed by atoms with E-state index >= 15 is 0 Å². The highest BCUT2D eigenvalue weighted by molar-refractivity contribution is 5.76. The zero-order valence-corrected chi connectivity index (χ0v) is 18.0. The Balaban J connectivity index is 1.42. The Hall–Kier alpha value is -2.73. The van der Waals surface area contributed by atoms with Crippen LogP contribution in [0, 0.1) is 0 Å². The number of nitrogens with one attached hydrogen (secondary N) is 1. The van der Waals surface area contributed by atoms with Gasteiger partial charge >= 0.3 is 6.03 Å². The number of carbonyl (C=O) groups is 1. The number of hydrogen-bond donors (Lipinski definition) is 2. The van der Waals surface area contributed by atoms with E-state index in [1.165, 1.54) is 24.0 Å². The number of amides is 2. The molecule has 1 atom stereocenters. The molecular weight excluding hydrogens is 392 g/mol. The molecule has 1 unspecified atom stereocenters. The number of urea groups is 1. The lowest BCUT2D eigenvalue weighted by molar-refractivity contribution is 0.140. The number of rotatable bonds is 3. The number of carbonyl (C=O) groups excluding carboxylic acids is 1. The van der Waals surface area contributed by atoms with Gasteiger partial charge in [-0.3, -0.25) is 0 Å². The van der Waals surface area contributed by atoms with E-state index in [1.54, 1.807) is 0 Å². The summed E-state index contributed by atoms with van der Waals surface area (Å²) < 4.78 is 11.7. The second-order valence-electron chi connectivity index (χ2n) is 9.01. The van der Waals surface area contributed by atoms with Gasteiger partial charge in [-0.05, 0) is 54.2 Å². The molecule has 2 N–H and O–H groups in total. The van der Waals surface area contributed by atoms with E-state index in [4.69, 9.17) is 9.47 Å². The molecule has 0 saturated heterocycles. The van der Waals surface area contributed by atoms with Crippen LogP contribution < -0.4 is 14.8 Å². The molecule has 5 rings (SSSR count). The van der Waals surface area contributed by atoms with Crippen LogP contribution in [0.25, 0.3) is 0 Å². The number of benzene rings is 2. The largest absolute Gasteiger partial charge is 0.486 e. The van der Waals surface area contributed by atoms with E-state index in [2.05, 4.69) is 24.4 Å². The van der Waals surface area contributed by atoms with E-state index in [9.17, 15) is 9.90 Å². The van der Waals surface area contributed by atoms with Gasteiger partial charge in [-0.15, -0.1) is 0 Å². The normalized spacial score (nSPS) is 21.1. The van der Waals surface area contributed by atoms with E-state index in [0.29, 0.717) is 19.8 Å². The average molecular weight is 423 g/mol. The third-order valence-corrected chi connectivity index (χ3v) is 7.12. The zero-order valence-electron chi connectivity index (χ0n) is 18.0. The molecule has 1 saturated carbocycles. The highest BCUT2D eigenvalue weighted by atomic mass is 16.6. The highest BCUT2D eigenvalue weighted by Gasteiger charge is 2.46. The SMILES string of the molecule is CC1c2cc3c(cc2C2(CCCC2)CN1C(=O)NCc1cccc(CO)c1)OCCO3. The Morgan fingerprint density at radius 1 is 1.13 bits per heavy atom. The Morgan fingerprint density at radius 2 is 1.84 bits per heavy atom. The van der Waals surface area contributed by atoms with Gasteiger partial charge in [0.25, 0.3) is 0 Å². The molecule has 31 heavy (non-hydrogen) atoms. The maximum absolute atomic E-state index is 13.3. The lowest BCUT2D eigenvalue weighted by Gasteiger charge is -2.46. The molecule has 1 fully saturated rings. The summed E-state index contributed by atoms with van der Waals surface area (Å²) >= 11 is 0. The van der Waals surface area contributed by atoms with Crippen molar-refractivity contribution in [3.63, 3.8) is 0 Å². The second kappa shape index (κ2) is 8.08. The molecule has 0 aromatic heterocycles. The minimum absolute atomic E-state index is 0.000353. The number of fused-ring (bicyclic) bond motifs is 3. The van der Waals surface area contributed by atoms with Crippen molar-refractivity contribution in [3.05, 3.63) is 58.7 Å². The van der Waals surface area contributed by atoms with Gasteiger partial charge in [0.15, 0.2) is 11.5 Å². The topological polar surface area (TPSA) is 71.0 Å². The molecular formula is C25H30N2O4. The fourth-order valence-corrected chi connectivity index (χ4v) is 5.47. The van der Waals surface area contributed by atoms with Gasteiger partial charge in [-0.1, -0.05) is 37.1 Å². The number of hydrogen-bond acceptors (Lipinski definition) is 4. The monoisotopic (exact) mass is 422 g/mol. The first-order valence-corrected chi connectivity index (χ1v) is 11.3. The van der Waals surface area contributed by atoms with Crippen molar-refractivity contribution >= 4 is 6.03 Å². The van der Waals surface area contributed by atoms with Crippen molar-refractivity contribution in [2.24, 2.45) is 0 Å². The van der Waals surface area contributed by atoms with E-state index in [-0.39, 0.29) is 24.1 Å². The third-order valence-electron chi connectivity index (χ3n) is 7.12. The molecule has 164 valence electrons. The van der Waals surface area contributed by atoms with E-state index in [1.807, 2.05) is 29.2 Å². The molecule has 2 aromatic carbocycles. The number of ether oxygens (including phenoxy) is 2. The molecule has 2 amide bonds. The summed E-state index contributed by atoms with van der Waals surface area (Å²) in [5.74, 6) is 1.62. The molecule has 3 aliphatic rings. The molecule has 6 heteroatoms. The van der Waals surface area contributed by atoms with Gasteiger partial charge in [-0.25, -0.2) is 4.79 Å². The van der Waals surface area contributed by atoms with E-state index < -0.39 is 0 Å². The highest BCUT2D eigenvalue weighted by Crippen LogP contribution is 2.51. The Morgan fingerprint density at radius 3 is 2.58 bits per heavy atom. The smallest absolute Gasteiger partial charge is 0.318 e. The van der Waals surface area contributed by atoms with Crippen molar-refractivity contribution in [2.75, 3.05) is 19.8 Å². The van der Waals surface area contributed by atoms with Gasteiger partial charge in [0.1, 0.15) is 13.2 Å². The second-order valence-corrected chi connectivity index (χ2v) is 9.01. The fourth-order valence-electron chi connectivity index (χ4n) is 5.47. The van der Waals surface area contributed by atoms with Crippen LogP contribution in [0.1, 0.15) is 60.9 Å². The lowest BCUT2D eigenvalue weighted by atomic mass is 9.71. The summed E-state index contributed by atoms with van der Waals surface area (Å²) in [5.41, 5.74) is 4.34. The zero-order chi connectivity index (χ0) is 21.4. The van der Waals surface area contributed by atoms with Crippen LogP contribution in [-0.2, 0) is 18.6 Å². The fraction of sp³-hybridized carbons (Fsp3) is 0.480. The van der Waals surface area contributed by atoms with Crippen molar-refractivity contribution in [1.82, 2.24) is 10.2 Å². The first-order valence-electron chi connectivity index (χ1n) is 11.3. The van der Waals surface area contributed by atoms with Gasteiger partial charge in [-0.2, -0.15) is 0 Å². The van der Waals surface area contributed by atoms with Crippen molar-refractivity contribution in [1.29, 1.82) is 0 Å². The van der Waals surface area contributed by atoms with Crippen LogP contribution in [0.4, 0.5) is 4.79 Å². The molecule has 1 aliphatic carbocycles. The van der Waals surface area contributed by atoms with Crippen molar-refractivity contribution in [2.45, 2.75) is 57.2 Å². The van der Waals surface area contributed by atoms with Crippen LogP contribution >= 0.6 is 0 Å². The molecule has 0 radical (unpaired) electrons. The van der Waals surface area contributed by atoms with Crippen LogP contribution in [0.3, 0.4) is 0 Å². The summed E-state index contributed by atoms with van der Waals surface area (Å²) in [4.78, 5) is 15.3. The predicted molar refractivity (Wildman–Crippen MR) is 117 cm³/mol. The van der Waals surface area contributed by atoms with Crippen molar-refractivity contribution in [3.8, 4) is 11.5 Å². The number of aliphatic hydroxyl groups excluding tert-OH is 1. The van der Waals surface area contributed by atoms with Gasteiger partial charge < -0.3 is 24.8 Å². The lowest BCUT2D eigenvalue weighted by Crippen LogP contribution is -2.51. The summed E-state index contributed by atoms with van der Waals surface area (Å²) in [6, 6.07) is 11.9. The average Bonchev–Trinajstić information content (AvgIpc) is 3.28. The predicted octanol–water partition coefficient (Wildman–Crippen LogP) is 4.05. The van der Waals surface area contributed by atoms with E-state index in [0.717, 1.165) is 42.0 Å². The molecule has 0 bridgehead atoms. The first kappa shape index (κ1) is 20.2. The van der Waals surface area contributed by atoms with Gasteiger partial charge in [0.2, 0.25) is 0 Å². The van der Waals surface area contributed by atoms with Crippen LogP contribution in [-0.4, -0.2) is 35.8 Å². The van der Waals surface area contributed by atoms with Gasteiger partial charge in [0.05, 0.1) is 12.6 Å². The maximum atomic E-state index is 13.3. The summed E-state index contributed by atoms with van der Waals surface area (Å²) in [7, 11) is 0. The number of nitrogens with zero attached hydrogens (tertiary/aromatic N) is 1. The third kappa shape index (κ3) is 3.63. The Kier molecular flexibility index (Phi) is 5.26. The quantitative estimate of drug-likeness (QED) is 0.783. The standard InChI is InChI=1S/C25H30N2O4/c1-17-20-12-22-23(31-10-9-30-22)13-21(20)25(7-2-3-8-25)16-27(17)24(29)26-14-18-5-4-6-19(11-18)15-28/h4-6,11-13,17,28H,2-3,7-10,14-16H2,1H3,(H,26,29). The maximum Gasteiger partial charge on any atom is 0.318 e. The Bertz CT molecular complexity index is 983.